The molecule has 0 aromatic carbocycles. The summed E-state index contributed by atoms with van der Waals surface area (Å²) in [6, 6.07) is 7.41. The van der Waals surface area contributed by atoms with Crippen molar-refractivity contribution >= 4 is 29.0 Å². The SMILES string of the molecule is CCc1ccc(CCOc2ccc(C=C3SC(=O)NC3=O)nn2)nc1. The maximum Gasteiger partial charge on any atom is 0.290 e. The second-order valence-electron chi connectivity index (χ2n) is 5.26. The third kappa shape index (κ3) is 4.63. The number of hydrogen-bond donors (Lipinski definition) is 1. The molecule has 7 nitrogen and oxygen atoms in total. The zero-order valence-corrected chi connectivity index (χ0v) is 14.4. The Morgan fingerprint density at radius 2 is 2.08 bits per heavy atom. The van der Waals surface area contributed by atoms with Crippen molar-refractivity contribution < 1.29 is 14.3 Å². The first-order valence-corrected chi connectivity index (χ1v) is 8.61. The number of pyridine rings is 1. The molecule has 3 heterocycles. The molecule has 0 radical (unpaired) electrons. The summed E-state index contributed by atoms with van der Waals surface area (Å²) in [7, 11) is 0. The minimum absolute atomic E-state index is 0.301. The highest BCUT2D eigenvalue weighted by molar-refractivity contribution is 8.18. The number of ether oxygens (including phenoxy) is 1. The van der Waals surface area contributed by atoms with Gasteiger partial charge in [-0.05, 0) is 42.0 Å². The molecule has 0 atom stereocenters. The van der Waals surface area contributed by atoms with E-state index >= 15 is 0 Å². The maximum absolute atomic E-state index is 11.5. The smallest absolute Gasteiger partial charge is 0.290 e. The Morgan fingerprint density at radius 3 is 2.68 bits per heavy atom. The van der Waals surface area contributed by atoms with Crippen LogP contribution in [0, 0.1) is 0 Å². The molecule has 2 aromatic heterocycles. The van der Waals surface area contributed by atoms with E-state index in [4.69, 9.17) is 4.74 Å². The first-order chi connectivity index (χ1) is 12.1. The van der Waals surface area contributed by atoms with E-state index in [0.717, 1.165) is 23.9 Å². The Bertz CT molecular complexity index is 804. The minimum Gasteiger partial charge on any atom is -0.476 e. The van der Waals surface area contributed by atoms with Gasteiger partial charge in [0.2, 0.25) is 5.88 Å². The molecule has 3 rings (SSSR count). The lowest BCUT2D eigenvalue weighted by molar-refractivity contribution is -0.115. The summed E-state index contributed by atoms with van der Waals surface area (Å²) < 4.78 is 5.56. The van der Waals surface area contributed by atoms with Crippen LogP contribution in [0.2, 0.25) is 0 Å². The van der Waals surface area contributed by atoms with E-state index in [-0.39, 0.29) is 5.24 Å². The van der Waals surface area contributed by atoms with Crippen LogP contribution in [-0.4, -0.2) is 32.9 Å². The molecule has 25 heavy (non-hydrogen) atoms. The highest BCUT2D eigenvalue weighted by Gasteiger charge is 2.25. The number of carbonyl (C=O) groups excluding carboxylic acids is 2. The molecule has 0 spiro atoms. The Labute approximate surface area is 148 Å². The van der Waals surface area contributed by atoms with Gasteiger partial charge in [-0.3, -0.25) is 19.9 Å². The molecule has 128 valence electrons. The highest BCUT2D eigenvalue weighted by Crippen LogP contribution is 2.25. The fourth-order valence-electron chi connectivity index (χ4n) is 2.11. The van der Waals surface area contributed by atoms with E-state index in [2.05, 4.69) is 33.5 Å². The second kappa shape index (κ2) is 7.89. The Morgan fingerprint density at radius 1 is 1.20 bits per heavy atom. The number of aromatic nitrogens is 3. The normalized spacial score (nSPS) is 15.5. The molecular weight excluding hydrogens is 340 g/mol. The van der Waals surface area contributed by atoms with Crippen molar-refractivity contribution in [2.45, 2.75) is 19.8 Å². The Hall–Kier alpha value is -2.74. The average molecular weight is 356 g/mol. The highest BCUT2D eigenvalue weighted by atomic mass is 32.2. The molecule has 1 fully saturated rings. The van der Waals surface area contributed by atoms with Crippen LogP contribution in [0.3, 0.4) is 0 Å². The molecule has 1 aliphatic rings. The number of amides is 2. The van der Waals surface area contributed by atoms with Gasteiger partial charge >= 0.3 is 0 Å². The topological polar surface area (TPSA) is 94.1 Å². The van der Waals surface area contributed by atoms with Crippen LogP contribution < -0.4 is 10.1 Å². The minimum atomic E-state index is -0.418. The summed E-state index contributed by atoms with van der Waals surface area (Å²) >= 11 is 0.842. The Kier molecular flexibility index (Phi) is 5.39. The van der Waals surface area contributed by atoms with E-state index in [9.17, 15) is 9.59 Å². The van der Waals surface area contributed by atoms with Gasteiger partial charge in [0, 0.05) is 24.4 Å². The van der Waals surface area contributed by atoms with Gasteiger partial charge in [-0.15, -0.1) is 10.2 Å². The van der Waals surface area contributed by atoms with Crippen molar-refractivity contribution in [3.05, 3.63) is 52.3 Å². The van der Waals surface area contributed by atoms with E-state index in [0.29, 0.717) is 29.5 Å². The van der Waals surface area contributed by atoms with E-state index < -0.39 is 5.91 Å². The van der Waals surface area contributed by atoms with Crippen LogP contribution in [0.15, 0.2) is 35.4 Å². The van der Waals surface area contributed by atoms with Crippen LogP contribution in [0.4, 0.5) is 4.79 Å². The fraction of sp³-hybridized carbons (Fsp3) is 0.235. The lowest BCUT2D eigenvalue weighted by atomic mass is 10.2. The van der Waals surface area contributed by atoms with Gasteiger partial charge in [0.05, 0.1) is 17.2 Å². The number of thioether (sulfide) groups is 1. The zero-order valence-electron chi connectivity index (χ0n) is 13.6. The number of carbonyl (C=O) groups is 2. The second-order valence-corrected chi connectivity index (χ2v) is 6.27. The van der Waals surface area contributed by atoms with Gasteiger partial charge < -0.3 is 4.74 Å². The molecule has 0 aliphatic carbocycles. The Balaban J connectivity index is 1.53. The molecule has 2 aromatic rings. The number of aryl methyl sites for hydroxylation is 1. The summed E-state index contributed by atoms with van der Waals surface area (Å²) in [6.07, 6.45) is 5.03. The largest absolute Gasteiger partial charge is 0.476 e. The van der Waals surface area contributed by atoms with Crippen molar-refractivity contribution in [1.29, 1.82) is 0 Å². The van der Waals surface area contributed by atoms with Crippen molar-refractivity contribution in [2.75, 3.05) is 6.61 Å². The van der Waals surface area contributed by atoms with E-state index in [1.165, 1.54) is 11.6 Å². The third-order valence-corrected chi connectivity index (χ3v) is 4.29. The van der Waals surface area contributed by atoms with Gasteiger partial charge in [-0.25, -0.2) is 0 Å². The summed E-state index contributed by atoms with van der Waals surface area (Å²) in [5.74, 6) is -0.0225. The number of nitrogens with zero attached hydrogens (tertiary/aromatic N) is 3. The summed E-state index contributed by atoms with van der Waals surface area (Å²) in [4.78, 5) is 27.3. The average Bonchev–Trinajstić information content (AvgIpc) is 2.94. The molecule has 2 amide bonds. The molecule has 0 saturated carbocycles. The lowest BCUT2D eigenvalue weighted by Crippen LogP contribution is -2.17. The van der Waals surface area contributed by atoms with Gasteiger partial charge in [0.25, 0.3) is 11.1 Å². The lowest BCUT2D eigenvalue weighted by Gasteiger charge is -2.05. The number of nitrogens with one attached hydrogen (secondary N) is 1. The van der Waals surface area contributed by atoms with Crippen molar-refractivity contribution in [2.24, 2.45) is 0 Å². The van der Waals surface area contributed by atoms with Gasteiger partial charge in [-0.2, -0.15) is 0 Å². The quantitative estimate of drug-likeness (QED) is 0.794. The first-order valence-electron chi connectivity index (χ1n) is 7.79. The fourth-order valence-corrected chi connectivity index (χ4v) is 2.78. The molecule has 1 N–H and O–H groups in total. The standard InChI is InChI=1S/C17H16N4O3S/c1-2-11-3-4-12(18-10-11)7-8-24-15-6-5-13(20-21-15)9-14-16(22)19-17(23)25-14/h3-6,9-10H,2,7-8H2,1H3,(H,19,22,23). The van der Waals surface area contributed by atoms with Crippen LogP contribution in [-0.2, 0) is 17.6 Å². The van der Waals surface area contributed by atoms with Crippen LogP contribution in [0.5, 0.6) is 5.88 Å². The number of hydrogen-bond acceptors (Lipinski definition) is 7. The molecule has 1 aliphatic heterocycles. The van der Waals surface area contributed by atoms with Gasteiger partial charge in [0.1, 0.15) is 0 Å². The maximum atomic E-state index is 11.5. The van der Waals surface area contributed by atoms with E-state index in [1.54, 1.807) is 12.1 Å². The summed E-state index contributed by atoms with van der Waals surface area (Å²) in [5.41, 5.74) is 2.65. The predicted octanol–water partition coefficient (Wildman–Crippen LogP) is 2.38. The van der Waals surface area contributed by atoms with Crippen molar-refractivity contribution in [3.8, 4) is 5.88 Å². The monoisotopic (exact) mass is 356 g/mol. The molecule has 8 heteroatoms. The third-order valence-electron chi connectivity index (χ3n) is 3.48. The predicted molar refractivity (Wildman–Crippen MR) is 94.0 cm³/mol. The molecule has 0 unspecified atom stereocenters. The van der Waals surface area contributed by atoms with Crippen molar-refractivity contribution in [1.82, 2.24) is 20.5 Å². The van der Waals surface area contributed by atoms with Gasteiger partial charge in [0.15, 0.2) is 0 Å². The summed E-state index contributed by atoms with van der Waals surface area (Å²) in [5, 5.41) is 9.74. The van der Waals surface area contributed by atoms with Crippen molar-refractivity contribution in [3.63, 3.8) is 0 Å². The zero-order chi connectivity index (χ0) is 17.6. The first kappa shape index (κ1) is 17.1. The number of rotatable bonds is 6. The molecule has 0 bridgehead atoms. The van der Waals surface area contributed by atoms with E-state index in [1.807, 2.05) is 12.3 Å². The van der Waals surface area contributed by atoms with Crippen LogP contribution in [0.25, 0.3) is 6.08 Å². The molecular formula is C17H16N4O3S. The van der Waals surface area contributed by atoms with Crippen LogP contribution in [0.1, 0.15) is 23.9 Å². The molecule has 1 saturated heterocycles. The van der Waals surface area contributed by atoms with Gasteiger partial charge in [-0.1, -0.05) is 13.0 Å². The number of imide groups is 1. The van der Waals surface area contributed by atoms with Crippen LogP contribution >= 0.6 is 11.8 Å². The summed E-state index contributed by atoms with van der Waals surface area (Å²) in [6.45, 7) is 2.54.